The topological polar surface area (TPSA) is 26.3 Å². The predicted molar refractivity (Wildman–Crippen MR) is 47.5 cm³/mol. The van der Waals surface area contributed by atoms with Crippen LogP contribution in [0.5, 0.6) is 0 Å². The lowest BCUT2D eigenvalue weighted by molar-refractivity contribution is 0.0196. The summed E-state index contributed by atoms with van der Waals surface area (Å²) in [6, 6.07) is 2.55. The maximum atomic E-state index is 12.7. The van der Waals surface area contributed by atoms with Gasteiger partial charge in [0.05, 0.1) is 0 Å². The van der Waals surface area contributed by atoms with Crippen LogP contribution in [0.15, 0.2) is 18.2 Å². The predicted octanol–water partition coefficient (Wildman–Crippen LogP) is 2.43. The fourth-order valence-corrected chi connectivity index (χ4v) is 0.994. The summed E-state index contributed by atoms with van der Waals surface area (Å²) in [5.41, 5.74) is -0.117. The SMILES string of the molecule is O=C(COCC(F)F)c1ccc(F)c(F)c1. The van der Waals surface area contributed by atoms with Gasteiger partial charge in [0.1, 0.15) is 13.2 Å². The van der Waals surface area contributed by atoms with Gasteiger partial charge in [-0.15, -0.1) is 0 Å². The zero-order valence-electron chi connectivity index (χ0n) is 8.05. The van der Waals surface area contributed by atoms with Crippen LogP contribution in [0.4, 0.5) is 17.6 Å². The fraction of sp³-hybridized carbons (Fsp3) is 0.300. The Morgan fingerprint density at radius 3 is 2.50 bits per heavy atom. The van der Waals surface area contributed by atoms with Crippen molar-refractivity contribution in [3.63, 3.8) is 0 Å². The standard InChI is InChI=1S/C10H8F4O2/c11-7-2-1-6(3-8(7)12)9(15)4-16-5-10(13)14/h1-3,10H,4-5H2. The summed E-state index contributed by atoms with van der Waals surface area (Å²) >= 11 is 0. The summed E-state index contributed by atoms with van der Waals surface area (Å²) in [4.78, 5) is 11.2. The van der Waals surface area contributed by atoms with Crippen molar-refractivity contribution < 1.29 is 27.1 Å². The van der Waals surface area contributed by atoms with Crippen molar-refractivity contribution in [2.24, 2.45) is 0 Å². The lowest BCUT2D eigenvalue weighted by atomic mass is 10.1. The molecule has 1 aromatic rings. The highest BCUT2D eigenvalue weighted by Crippen LogP contribution is 2.09. The van der Waals surface area contributed by atoms with Gasteiger partial charge in [0, 0.05) is 5.56 Å². The van der Waals surface area contributed by atoms with E-state index < -0.39 is 37.1 Å². The summed E-state index contributed by atoms with van der Waals surface area (Å²) in [5.74, 6) is -2.93. The van der Waals surface area contributed by atoms with Crippen LogP contribution in [-0.4, -0.2) is 25.4 Å². The number of alkyl halides is 2. The molecule has 0 aliphatic carbocycles. The fourth-order valence-electron chi connectivity index (χ4n) is 0.994. The van der Waals surface area contributed by atoms with Gasteiger partial charge in [0.25, 0.3) is 6.43 Å². The minimum Gasteiger partial charge on any atom is -0.367 e. The minimum absolute atomic E-state index is 0.117. The van der Waals surface area contributed by atoms with E-state index in [2.05, 4.69) is 4.74 Å². The third-order valence-electron chi connectivity index (χ3n) is 1.72. The molecular weight excluding hydrogens is 228 g/mol. The van der Waals surface area contributed by atoms with Crippen LogP contribution in [0.1, 0.15) is 10.4 Å². The van der Waals surface area contributed by atoms with E-state index in [1.807, 2.05) is 0 Å². The first-order chi connectivity index (χ1) is 7.50. The Morgan fingerprint density at radius 1 is 1.25 bits per heavy atom. The largest absolute Gasteiger partial charge is 0.367 e. The highest BCUT2D eigenvalue weighted by Gasteiger charge is 2.11. The second-order valence-corrected chi connectivity index (χ2v) is 2.96. The van der Waals surface area contributed by atoms with Crippen molar-refractivity contribution in [3.05, 3.63) is 35.4 Å². The van der Waals surface area contributed by atoms with Gasteiger partial charge in [-0.05, 0) is 18.2 Å². The Kier molecular flexibility index (Phi) is 4.42. The van der Waals surface area contributed by atoms with E-state index in [1.54, 1.807) is 0 Å². The number of carbonyl (C=O) groups is 1. The first-order valence-electron chi connectivity index (χ1n) is 4.35. The van der Waals surface area contributed by atoms with Crippen molar-refractivity contribution in [3.8, 4) is 0 Å². The van der Waals surface area contributed by atoms with Crippen LogP contribution >= 0.6 is 0 Å². The molecule has 0 heterocycles. The van der Waals surface area contributed by atoms with Crippen LogP contribution < -0.4 is 0 Å². The molecule has 6 heteroatoms. The Hall–Kier alpha value is -1.43. The number of ketones is 1. The number of halogens is 4. The smallest absolute Gasteiger partial charge is 0.261 e. The number of hydrogen-bond acceptors (Lipinski definition) is 2. The summed E-state index contributed by atoms with van der Waals surface area (Å²) in [5, 5.41) is 0. The second-order valence-electron chi connectivity index (χ2n) is 2.96. The lowest BCUT2D eigenvalue weighted by Crippen LogP contribution is -2.13. The Labute approximate surface area is 88.8 Å². The zero-order chi connectivity index (χ0) is 12.1. The second kappa shape index (κ2) is 5.60. The number of carbonyl (C=O) groups excluding carboxylic acids is 1. The van der Waals surface area contributed by atoms with Crippen molar-refractivity contribution in [2.75, 3.05) is 13.2 Å². The highest BCUT2D eigenvalue weighted by atomic mass is 19.3. The molecule has 16 heavy (non-hydrogen) atoms. The van der Waals surface area contributed by atoms with Crippen LogP contribution in [-0.2, 0) is 4.74 Å². The number of Topliss-reactive ketones (excluding diaryl/α,β-unsaturated/α-hetero) is 1. The maximum absolute atomic E-state index is 12.7. The summed E-state index contributed by atoms with van der Waals surface area (Å²) in [7, 11) is 0. The van der Waals surface area contributed by atoms with Crippen molar-refractivity contribution >= 4 is 5.78 Å². The maximum Gasteiger partial charge on any atom is 0.261 e. The molecule has 2 nitrogen and oxygen atoms in total. The molecule has 1 aromatic carbocycles. The summed E-state index contributed by atoms with van der Waals surface area (Å²) in [6.07, 6.45) is -2.67. The molecule has 0 atom stereocenters. The average molecular weight is 236 g/mol. The quantitative estimate of drug-likeness (QED) is 0.579. The number of ether oxygens (including phenoxy) is 1. The van der Waals surface area contributed by atoms with Gasteiger partial charge in [0.15, 0.2) is 17.4 Å². The molecule has 0 saturated carbocycles. The average Bonchev–Trinajstić information content (AvgIpc) is 2.21. The van der Waals surface area contributed by atoms with Crippen molar-refractivity contribution in [1.29, 1.82) is 0 Å². The van der Waals surface area contributed by atoms with Gasteiger partial charge >= 0.3 is 0 Å². The Balaban J connectivity index is 2.56. The number of rotatable bonds is 5. The van der Waals surface area contributed by atoms with E-state index in [1.165, 1.54) is 0 Å². The van der Waals surface area contributed by atoms with E-state index in [0.29, 0.717) is 6.07 Å². The van der Waals surface area contributed by atoms with E-state index >= 15 is 0 Å². The third kappa shape index (κ3) is 3.62. The van der Waals surface area contributed by atoms with E-state index in [4.69, 9.17) is 0 Å². The number of hydrogen-bond donors (Lipinski definition) is 0. The van der Waals surface area contributed by atoms with Crippen LogP contribution in [0.2, 0.25) is 0 Å². The van der Waals surface area contributed by atoms with E-state index in [9.17, 15) is 22.4 Å². The van der Waals surface area contributed by atoms with E-state index in [0.717, 1.165) is 12.1 Å². The van der Waals surface area contributed by atoms with Gasteiger partial charge in [-0.2, -0.15) is 0 Å². The zero-order valence-corrected chi connectivity index (χ0v) is 8.05. The van der Waals surface area contributed by atoms with Crippen molar-refractivity contribution in [2.45, 2.75) is 6.43 Å². The molecule has 0 bridgehead atoms. The third-order valence-corrected chi connectivity index (χ3v) is 1.72. The molecule has 1 rings (SSSR count). The molecule has 0 radical (unpaired) electrons. The van der Waals surface area contributed by atoms with Crippen LogP contribution in [0.25, 0.3) is 0 Å². The highest BCUT2D eigenvalue weighted by molar-refractivity contribution is 5.97. The molecule has 0 spiro atoms. The number of benzene rings is 1. The first-order valence-corrected chi connectivity index (χ1v) is 4.35. The van der Waals surface area contributed by atoms with Gasteiger partial charge < -0.3 is 4.74 Å². The Morgan fingerprint density at radius 2 is 1.94 bits per heavy atom. The first kappa shape index (κ1) is 12.6. The monoisotopic (exact) mass is 236 g/mol. The molecule has 0 saturated heterocycles. The molecular formula is C10H8F4O2. The van der Waals surface area contributed by atoms with Crippen LogP contribution in [0.3, 0.4) is 0 Å². The van der Waals surface area contributed by atoms with Crippen molar-refractivity contribution in [1.82, 2.24) is 0 Å². The summed E-state index contributed by atoms with van der Waals surface area (Å²) in [6.45, 7) is -1.45. The Bertz CT molecular complexity index is 379. The molecule has 0 amide bonds. The molecule has 0 N–H and O–H groups in total. The molecule has 0 unspecified atom stereocenters. The van der Waals surface area contributed by atoms with Crippen LogP contribution in [0, 0.1) is 11.6 Å². The lowest BCUT2D eigenvalue weighted by Gasteiger charge is -2.03. The molecule has 0 fully saturated rings. The van der Waals surface area contributed by atoms with Gasteiger partial charge in [-0.1, -0.05) is 0 Å². The van der Waals surface area contributed by atoms with Gasteiger partial charge in [0.2, 0.25) is 0 Å². The molecule has 0 aromatic heterocycles. The van der Waals surface area contributed by atoms with Gasteiger partial charge in [-0.25, -0.2) is 17.6 Å². The minimum atomic E-state index is -2.67. The summed E-state index contributed by atoms with van der Waals surface area (Å²) < 4.78 is 52.9. The van der Waals surface area contributed by atoms with Gasteiger partial charge in [-0.3, -0.25) is 4.79 Å². The van der Waals surface area contributed by atoms with E-state index in [-0.39, 0.29) is 5.56 Å². The normalized spacial score (nSPS) is 10.8. The molecule has 0 aliphatic heterocycles. The molecule has 88 valence electrons. The molecule has 0 aliphatic rings.